The number of nitrogens with one attached hydrogen (secondary N) is 1. The van der Waals surface area contributed by atoms with Crippen molar-refractivity contribution in [2.75, 3.05) is 11.2 Å². The summed E-state index contributed by atoms with van der Waals surface area (Å²) < 4.78 is 0. The van der Waals surface area contributed by atoms with Crippen molar-refractivity contribution in [2.45, 2.75) is 53.0 Å². The Bertz CT molecular complexity index is 377. The third-order valence-electron chi connectivity index (χ3n) is 2.68. The second-order valence-corrected chi connectivity index (χ2v) is 5.84. The van der Waals surface area contributed by atoms with Crippen LogP contribution in [0.2, 0.25) is 0 Å². The van der Waals surface area contributed by atoms with Crippen molar-refractivity contribution >= 4 is 17.4 Å². The van der Waals surface area contributed by atoms with E-state index in [2.05, 4.69) is 43.0 Å². The first-order valence-corrected chi connectivity index (χ1v) is 7.14. The minimum absolute atomic E-state index is 0.265. The molecule has 4 heteroatoms. The Morgan fingerprint density at radius 2 is 1.89 bits per heavy atom. The van der Waals surface area contributed by atoms with Gasteiger partial charge in [0.15, 0.2) is 0 Å². The minimum Gasteiger partial charge on any atom is -0.366 e. The zero-order valence-electron chi connectivity index (χ0n) is 12.0. The van der Waals surface area contributed by atoms with Gasteiger partial charge in [-0.2, -0.15) is 0 Å². The lowest BCUT2D eigenvalue weighted by molar-refractivity contribution is 0.541. The molecule has 1 atom stereocenters. The lowest BCUT2D eigenvalue weighted by Gasteiger charge is -2.19. The predicted molar refractivity (Wildman–Crippen MR) is 78.4 cm³/mol. The lowest BCUT2D eigenvalue weighted by atomic mass is 10.1. The van der Waals surface area contributed by atoms with Gasteiger partial charge in [-0.3, -0.25) is 0 Å². The molecule has 1 aromatic rings. The number of hydrogen-bond acceptors (Lipinski definition) is 3. The van der Waals surface area contributed by atoms with Gasteiger partial charge in [0.2, 0.25) is 0 Å². The molecule has 3 nitrogen and oxygen atoms in total. The predicted octanol–water partition coefficient (Wildman–Crippen LogP) is 3.97. The van der Waals surface area contributed by atoms with Gasteiger partial charge in [-0.25, -0.2) is 9.97 Å². The fourth-order valence-electron chi connectivity index (χ4n) is 1.86. The van der Waals surface area contributed by atoms with Crippen molar-refractivity contribution in [2.24, 2.45) is 5.92 Å². The molecule has 0 saturated heterocycles. The molecule has 0 bridgehead atoms. The third kappa shape index (κ3) is 4.81. The molecule has 1 aromatic heterocycles. The SMILES string of the molecule is Cc1cc(NC(CCl)CC(C)C)nc(C(C)C)n1. The molecule has 0 aliphatic carbocycles. The highest BCUT2D eigenvalue weighted by atomic mass is 35.5. The molecule has 1 unspecified atom stereocenters. The van der Waals surface area contributed by atoms with Crippen LogP contribution in [0.3, 0.4) is 0 Å². The molecule has 0 fully saturated rings. The van der Waals surface area contributed by atoms with E-state index in [1.54, 1.807) is 0 Å². The van der Waals surface area contributed by atoms with E-state index >= 15 is 0 Å². The third-order valence-corrected chi connectivity index (χ3v) is 3.05. The van der Waals surface area contributed by atoms with Crippen molar-refractivity contribution in [3.8, 4) is 0 Å². The average molecular weight is 270 g/mol. The standard InChI is InChI=1S/C14H24ClN3/c1-9(2)6-12(8-15)17-13-7-11(5)16-14(18-13)10(3)4/h7,9-10,12H,6,8H2,1-5H3,(H,16,17,18). The van der Waals surface area contributed by atoms with E-state index in [0.717, 1.165) is 23.8 Å². The molecule has 0 aliphatic rings. The first kappa shape index (κ1) is 15.2. The maximum Gasteiger partial charge on any atom is 0.133 e. The van der Waals surface area contributed by atoms with Crippen molar-refractivity contribution in [3.05, 3.63) is 17.6 Å². The summed E-state index contributed by atoms with van der Waals surface area (Å²) in [7, 11) is 0. The van der Waals surface area contributed by atoms with E-state index in [1.807, 2.05) is 13.0 Å². The Hall–Kier alpha value is -0.830. The summed E-state index contributed by atoms with van der Waals surface area (Å²) in [4.78, 5) is 8.99. The number of aromatic nitrogens is 2. The van der Waals surface area contributed by atoms with Crippen molar-refractivity contribution < 1.29 is 0 Å². The molecule has 0 aromatic carbocycles. The lowest BCUT2D eigenvalue weighted by Crippen LogP contribution is -2.24. The van der Waals surface area contributed by atoms with Crippen LogP contribution in [0.25, 0.3) is 0 Å². The van der Waals surface area contributed by atoms with Crippen LogP contribution in [0.5, 0.6) is 0 Å². The highest BCUT2D eigenvalue weighted by Crippen LogP contribution is 2.16. The van der Waals surface area contributed by atoms with Gasteiger partial charge < -0.3 is 5.32 Å². The van der Waals surface area contributed by atoms with Crippen LogP contribution in [-0.4, -0.2) is 21.9 Å². The molecule has 0 amide bonds. The number of alkyl halides is 1. The first-order chi connectivity index (χ1) is 8.42. The number of nitrogens with zero attached hydrogens (tertiary/aromatic N) is 2. The van der Waals surface area contributed by atoms with Gasteiger partial charge in [-0.15, -0.1) is 11.6 Å². The van der Waals surface area contributed by atoms with Crippen LogP contribution in [0.15, 0.2) is 6.07 Å². The molecule has 0 aliphatic heterocycles. The highest BCUT2D eigenvalue weighted by Gasteiger charge is 2.12. The molecule has 18 heavy (non-hydrogen) atoms. The van der Waals surface area contributed by atoms with Crippen LogP contribution in [-0.2, 0) is 0 Å². The molecular formula is C14H24ClN3. The number of hydrogen-bond donors (Lipinski definition) is 1. The van der Waals surface area contributed by atoms with Gasteiger partial charge in [0.25, 0.3) is 0 Å². The van der Waals surface area contributed by atoms with Gasteiger partial charge >= 0.3 is 0 Å². The Morgan fingerprint density at radius 1 is 1.22 bits per heavy atom. The summed E-state index contributed by atoms with van der Waals surface area (Å²) in [6.07, 6.45) is 1.05. The number of halogens is 1. The largest absolute Gasteiger partial charge is 0.366 e. The van der Waals surface area contributed by atoms with Crippen LogP contribution < -0.4 is 5.32 Å². The maximum absolute atomic E-state index is 6.00. The molecule has 1 N–H and O–H groups in total. The molecule has 1 heterocycles. The van der Waals surface area contributed by atoms with E-state index in [-0.39, 0.29) is 6.04 Å². The normalized spacial score (nSPS) is 13.1. The van der Waals surface area contributed by atoms with Crippen LogP contribution in [0.1, 0.15) is 51.6 Å². The Balaban J connectivity index is 2.82. The van der Waals surface area contributed by atoms with Gasteiger partial charge in [0, 0.05) is 29.6 Å². The van der Waals surface area contributed by atoms with Crippen molar-refractivity contribution in [3.63, 3.8) is 0 Å². The molecule has 1 rings (SSSR count). The molecule has 0 saturated carbocycles. The summed E-state index contributed by atoms with van der Waals surface area (Å²) >= 11 is 6.00. The second kappa shape index (κ2) is 6.93. The minimum atomic E-state index is 0.265. The number of aryl methyl sites for hydroxylation is 1. The van der Waals surface area contributed by atoms with Crippen molar-refractivity contribution in [1.29, 1.82) is 0 Å². The summed E-state index contributed by atoms with van der Waals surface area (Å²) in [5.41, 5.74) is 0.995. The van der Waals surface area contributed by atoms with E-state index < -0.39 is 0 Å². The van der Waals surface area contributed by atoms with Gasteiger partial charge in [-0.05, 0) is 19.3 Å². The summed E-state index contributed by atoms with van der Waals surface area (Å²) in [5, 5.41) is 3.41. The first-order valence-electron chi connectivity index (χ1n) is 6.60. The maximum atomic E-state index is 6.00. The Labute approximate surface area is 115 Å². The van der Waals surface area contributed by atoms with E-state index in [0.29, 0.717) is 17.7 Å². The highest BCUT2D eigenvalue weighted by molar-refractivity contribution is 6.18. The quantitative estimate of drug-likeness (QED) is 0.794. The van der Waals surface area contributed by atoms with E-state index in [9.17, 15) is 0 Å². The monoisotopic (exact) mass is 269 g/mol. The number of anilines is 1. The topological polar surface area (TPSA) is 37.8 Å². The van der Waals surface area contributed by atoms with Crippen molar-refractivity contribution in [1.82, 2.24) is 9.97 Å². The Kier molecular flexibility index (Phi) is 5.86. The average Bonchev–Trinajstić information content (AvgIpc) is 2.26. The summed E-state index contributed by atoms with van der Waals surface area (Å²) in [5.74, 6) is 3.32. The van der Waals surface area contributed by atoms with Crippen LogP contribution in [0, 0.1) is 12.8 Å². The van der Waals surface area contributed by atoms with E-state index in [1.165, 1.54) is 0 Å². The Morgan fingerprint density at radius 3 is 2.39 bits per heavy atom. The van der Waals surface area contributed by atoms with Crippen LogP contribution >= 0.6 is 11.6 Å². The van der Waals surface area contributed by atoms with E-state index in [4.69, 9.17) is 11.6 Å². The summed E-state index contributed by atoms with van der Waals surface area (Å²) in [6.45, 7) is 10.6. The molecular weight excluding hydrogens is 246 g/mol. The zero-order chi connectivity index (χ0) is 13.7. The van der Waals surface area contributed by atoms with Gasteiger partial charge in [-0.1, -0.05) is 27.7 Å². The zero-order valence-corrected chi connectivity index (χ0v) is 12.8. The molecule has 0 spiro atoms. The molecule has 0 radical (unpaired) electrons. The summed E-state index contributed by atoms with van der Waals surface area (Å²) in [6, 6.07) is 2.24. The van der Waals surface area contributed by atoms with Gasteiger partial charge in [0.1, 0.15) is 11.6 Å². The fourth-order valence-corrected chi connectivity index (χ4v) is 2.07. The van der Waals surface area contributed by atoms with Crippen LogP contribution in [0.4, 0.5) is 5.82 Å². The smallest absolute Gasteiger partial charge is 0.133 e. The second-order valence-electron chi connectivity index (χ2n) is 5.53. The van der Waals surface area contributed by atoms with Gasteiger partial charge in [0.05, 0.1) is 0 Å². The number of rotatable bonds is 6. The molecule has 102 valence electrons. The fraction of sp³-hybridized carbons (Fsp3) is 0.714.